The van der Waals surface area contributed by atoms with Crippen LogP contribution in [0, 0.1) is 41.9 Å². The van der Waals surface area contributed by atoms with Crippen LogP contribution in [0.4, 0.5) is 0 Å². The summed E-state index contributed by atoms with van der Waals surface area (Å²) in [4.78, 5) is 12.8. The Morgan fingerprint density at radius 3 is 2.41 bits per heavy atom. The molecule has 0 unspecified atom stereocenters. The van der Waals surface area contributed by atoms with E-state index in [1.165, 1.54) is 0 Å². The smallest absolute Gasteiger partial charge is 0.343 e. The van der Waals surface area contributed by atoms with Crippen LogP contribution in [0.2, 0.25) is 0 Å². The molecule has 2 saturated carbocycles. The molecule has 176 valence electrons. The summed E-state index contributed by atoms with van der Waals surface area (Å²) < 4.78 is 12.4. The van der Waals surface area contributed by atoms with Gasteiger partial charge >= 0.3 is 5.63 Å². The Labute approximate surface area is 190 Å². The third kappa shape index (κ3) is 2.45. The van der Waals surface area contributed by atoms with Crippen LogP contribution < -0.4 is 10.4 Å². The lowest BCUT2D eigenvalue weighted by Crippen LogP contribution is -2.69. The quantitative estimate of drug-likeness (QED) is 0.580. The molecule has 0 radical (unpaired) electrons. The number of hydrogen-bond acceptors (Lipinski definition) is 5. The first-order chi connectivity index (χ1) is 14.8. The lowest BCUT2D eigenvalue weighted by molar-refractivity contribution is -0.225. The minimum absolute atomic E-state index is 0.0213. The van der Waals surface area contributed by atoms with Crippen LogP contribution in [0.15, 0.2) is 20.9 Å². The average Bonchev–Trinajstić information content (AvgIpc) is 3.11. The Kier molecular flexibility index (Phi) is 4.52. The fourth-order valence-corrected chi connectivity index (χ4v) is 8.68. The van der Waals surface area contributed by atoms with Crippen molar-refractivity contribution in [1.82, 2.24) is 0 Å². The van der Waals surface area contributed by atoms with Crippen molar-refractivity contribution in [2.75, 3.05) is 0 Å². The summed E-state index contributed by atoms with van der Waals surface area (Å²) in [5.74, 6) is 1.57. The lowest BCUT2D eigenvalue weighted by Gasteiger charge is -2.68. The number of hydrogen-bond donors (Lipinski definition) is 2. The van der Waals surface area contributed by atoms with E-state index < -0.39 is 11.7 Å². The summed E-state index contributed by atoms with van der Waals surface area (Å²) in [6.07, 6.45) is 5.06. The molecule has 2 N–H and O–H groups in total. The first kappa shape index (κ1) is 22.2. The van der Waals surface area contributed by atoms with Crippen molar-refractivity contribution >= 4 is 0 Å². The highest BCUT2D eigenvalue weighted by Gasteiger charge is 2.70. The van der Waals surface area contributed by atoms with Crippen molar-refractivity contribution in [3.8, 4) is 5.75 Å². The molecule has 0 saturated heterocycles. The molecule has 5 nitrogen and oxygen atoms in total. The van der Waals surface area contributed by atoms with E-state index in [0.29, 0.717) is 29.4 Å². The first-order valence-electron chi connectivity index (χ1n) is 12.2. The Morgan fingerprint density at radius 1 is 1.03 bits per heavy atom. The molecule has 7 atom stereocenters. The van der Waals surface area contributed by atoms with Crippen LogP contribution in [0.3, 0.4) is 0 Å². The highest BCUT2D eigenvalue weighted by atomic mass is 16.5. The maximum atomic E-state index is 12.8. The molecular formula is C27H38O5. The molecular weight excluding hydrogens is 404 g/mol. The maximum absolute atomic E-state index is 12.8. The molecule has 0 bridgehead atoms. The summed E-state index contributed by atoms with van der Waals surface area (Å²) in [5, 5.41) is 22.3. The van der Waals surface area contributed by atoms with Gasteiger partial charge in [0.1, 0.15) is 17.1 Å². The number of ether oxygens (including phenoxy) is 1. The molecule has 32 heavy (non-hydrogen) atoms. The van der Waals surface area contributed by atoms with Crippen LogP contribution in [-0.4, -0.2) is 28.0 Å². The second-order valence-corrected chi connectivity index (χ2v) is 12.2. The fraction of sp³-hybridized carbons (Fsp3) is 0.741. The summed E-state index contributed by atoms with van der Waals surface area (Å²) in [5.41, 5.74) is 0.871. The second kappa shape index (κ2) is 6.50. The molecule has 4 aliphatic rings. The molecule has 2 heterocycles. The van der Waals surface area contributed by atoms with Gasteiger partial charge in [-0.1, -0.05) is 33.8 Å². The SMILES string of the molecule is CC1=C[C@H](O)[C@@H]2[C@@]3(C)CC[C@H](O)C(C)(C)[C@@H]3CC[C@@]2(C)[C@]12Cc1c(c(C)c(C)oc1=O)O2. The topological polar surface area (TPSA) is 79.9 Å². The average molecular weight is 443 g/mol. The normalized spacial score (nSPS) is 44.3. The molecule has 2 fully saturated rings. The summed E-state index contributed by atoms with van der Waals surface area (Å²) >= 11 is 0. The third-order valence-corrected chi connectivity index (χ3v) is 10.5. The van der Waals surface area contributed by atoms with Crippen molar-refractivity contribution in [3.05, 3.63) is 39.0 Å². The third-order valence-electron chi connectivity index (χ3n) is 10.5. The monoisotopic (exact) mass is 442 g/mol. The van der Waals surface area contributed by atoms with E-state index >= 15 is 0 Å². The van der Waals surface area contributed by atoms with Gasteiger partial charge in [0.2, 0.25) is 0 Å². The zero-order valence-electron chi connectivity index (χ0n) is 20.5. The highest BCUT2D eigenvalue weighted by Crippen LogP contribution is 2.70. The number of aliphatic hydroxyl groups is 2. The summed E-state index contributed by atoms with van der Waals surface area (Å²) in [7, 11) is 0. The number of rotatable bonds is 0. The van der Waals surface area contributed by atoms with E-state index in [0.717, 1.165) is 36.8 Å². The zero-order chi connectivity index (χ0) is 23.4. The molecule has 5 rings (SSSR count). The van der Waals surface area contributed by atoms with Gasteiger partial charge in [0, 0.05) is 23.3 Å². The minimum Gasteiger partial charge on any atom is -0.481 e. The van der Waals surface area contributed by atoms with Gasteiger partial charge in [-0.3, -0.25) is 0 Å². The van der Waals surface area contributed by atoms with Crippen molar-refractivity contribution < 1.29 is 19.4 Å². The Balaban J connectivity index is 1.68. The van der Waals surface area contributed by atoms with Gasteiger partial charge in [-0.25, -0.2) is 4.79 Å². The van der Waals surface area contributed by atoms with Crippen molar-refractivity contribution in [3.63, 3.8) is 0 Å². The molecule has 1 aliphatic heterocycles. The van der Waals surface area contributed by atoms with E-state index in [1.807, 2.05) is 26.8 Å². The standard InChI is InChI=1S/C27H38O5/c1-14-12-18(28)22-25(6)10-9-20(29)24(4,5)19(25)8-11-26(22,7)27(14)13-17-21(32-27)15(2)16(3)31-23(17)30/h12,18-20,22,28-29H,8-11,13H2,1-7H3/t18-,19-,20-,22+,25-,26+,27-/m0/s1. The van der Waals surface area contributed by atoms with Crippen LogP contribution in [0.25, 0.3) is 0 Å². The van der Waals surface area contributed by atoms with Gasteiger partial charge in [-0.05, 0) is 68.8 Å². The molecule has 1 spiro atoms. The molecule has 5 heteroatoms. The maximum Gasteiger partial charge on any atom is 0.343 e. The van der Waals surface area contributed by atoms with Crippen LogP contribution in [-0.2, 0) is 6.42 Å². The predicted octanol–water partition coefficient (Wildman–Crippen LogP) is 4.47. The number of aryl methyl sites for hydroxylation is 1. The molecule has 3 aliphatic carbocycles. The van der Waals surface area contributed by atoms with Gasteiger partial charge in [-0.2, -0.15) is 0 Å². The van der Waals surface area contributed by atoms with Crippen LogP contribution in [0.5, 0.6) is 5.75 Å². The molecule has 0 aromatic carbocycles. The molecule has 0 amide bonds. The molecule has 1 aromatic heterocycles. The van der Waals surface area contributed by atoms with Gasteiger partial charge in [0.25, 0.3) is 0 Å². The lowest BCUT2D eigenvalue weighted by atomic mass is 9.38. The van der Waals surface area contributed by atoms with E-state index in [4.69, 9.17) is 9.15 Å². The number of aliphatic hydroxyl groups excluding tert-OH is 2. The van der Waals surface area contributed by atoms with E-state index in [1.54, 1.807) is 0 Å². The number of fused-ring (bicyclic) bond motifs is 5. The van der Waals surface area contributed by atoms with Crippen molar-refractivity contribution in [2.24, 2.45) is 28.1 Å². The van der Waals surface area contributed by atoms with Gasteiger partial charge in [0.05, 0.1) is 17.8 Å². The van der Waals surface area contributed by atoms with E-state index in [-0.39, 0.29) is 33.9 Å². The summed E-state index contributed by atoms with van der Waals surface area (Å²) in [6.45, 7) is 14.8. The molecule has 1 aromatic rings. The Morgan fingerprint density at radius 2 is 1.72 bits per heavy atom. The first-order valence-corrected chi connectivity index (χ1v) is 12.2. The predicted molar refractivity (Wildman–Crippen MR) is 123 cm³/mol. The van der Waals surface area contributed by atoms with E-state index in [2.05, 4.69) is 27.7 Å². The Hall–Kier alpha value is -1.59. The van der Waals surface area contributed by atoms with Gasteiger partial charge in [-0.15, -0.1) is 0 Å². The Bertz CT molecular complexity index is 1070. The van der Waals surface area contributed by atoms with Crippen molar-refractivity contribution in [1.29, 1.82) is 0 Å². The van der Waals surface area contributed by atoms with Gasteiger partial charge < -0.3 is 19.4 Å². The van der Waals surface area contributed by atoms with E-state index in [9.17, 15) is 15.0 Å². The second-order valence-electron chi connectivity index (χ2n) is 12.2. The van der Waals surface area contributed by atoms with Crippen LogP contribution >= 0.6 is 0 Å². The van der Waals surface area contributed by atoms with Crippen LogP contribution in [0.1, 0.15) is 77.2 Å². The zero-order valence-corrected chi connectivity index (χ0v) is 20.5. The minimum atomic E-state index is -0.666. The van der Waals surface area contributed by atoms with Gasteiger partial charge in [0.15, 0.2) is 0 Å². The van der Waals surface area contributed by atoms with Crippen molar-refractivity contribution in [2.45, 2.75) is 98.4 Å². The fourth-order valence-electron chi connectivity index (χ4n) is 8.68. The largest absolute Gasteiger partial charge is 0.481 e. The summed E-state index contributed by atoms with van der Waals surface area (Å²) in [6, 6.07) is 0. The highest BCUT2D eigenvalue weighted by molar-refractivity contribution is 5.50.